The second kappa shape index (κ2) is 15.3. The Morgan fingerprint density at radius 1 is 0.683 bits per heavy atom. The number of likely N-dealkylation sites (tertiary alicyclic amines) is 1. The molecular formula is C57H45N5O. The topological polar surface area (TPSA) is 56.4 Å². The van der Waals surface area contributed by atoms with Gasteiger partial charge in [0, 0.05) is 52.9 Å². The fourth-order valence-electron chi connectivity index (χ4n) is 10.3. The molecule has 7 aromatic rings. The van der Waals surface area contributed by atoms with Crippen LogP contribution in [-0.4, -0.2) is 34.7 Å². The molecule has 0 bridgehead atoms. The molecule has 63 heavy (non-hydrogen) atoms. The Morgan fingerprint density at radius 3 is 2.03 bits per heavy atom. The third-order valence-electron chi connectivity index (χ3n) is 13.3. The van der Waals surface area contributed by atoms with Crippen LogP contribution in [0.1, 0.15) is 46.6 Å². The molecule has 5 aliphatic rings. The molecule has 1 N–H and O–H groups in total. The highest BCUT2D eigenvalue weighted by Crippen LogP contribution is 2.56. The molecule has 5 unspecified atom stereocenters. The van der Waals surface area contributed by atoms with E-state index < -0.39 is 0 Å². The smallest absolute Gasteiger partial charge is 0.159 e. The lowest BCUT2D eigenvalue weighted by Crippen LogP contribution is -2.48. The zero-order valence-electron chi connectivity index (χ0n) is 34.9. The molecular weight excluding hydrogens is 771 g/mol. The second-order valence-electron chi connectivity index (χ2n) is 17.0. The van der Waals surface area contributed by atoms with Crippen molar-refractivity contribution in [3.63, 3.8) is 0 Å². The maximum Gasteiger partial charge on any atom is 0.159 e. The summed E-state index contributed by atoms with van der Waals surface area (Å²) in [6, 6.07) is 57.7. The SMILES string of the molecule is CN1C(c2ccccc2)=NC(C2=CC(c3cc(-c4ccccc4)cc(-c4ccccc4)c3)=CNC2N2C3=CC=CCC3C3C=Cc4c(oc5ccccc45)C32)=NC1c1ccccc1. The van der Waals surface area contributed by atoms with Gasteiger partial charge in [0.05, 0.1) is 6.04 Å². The molecule has 1 aromatic heterocycles. The maximum absolute atomic E-state index is 6.91. The molecule has 6 heteroatoms. The van der Waals surface area contributed by atoms with Gasteiger partial charge in [-0.2, -0.15) is 0 Å². The number of allylic oxidation sites excluding steroid dienone is 6. The van der Waals surface area contributed by atoms with Gasteiger partial charge < -0.3 is 19.5 Å². The zero-order chi connectivity index (χ0) is 41.9. The Morgan fingerprint density at radius 2 is 1.32 bits per heavy atom. The van der Waals surface area contributed by atoms with Gasteiger partial charge in [-0.25, -0.2) is 9.98 Å². The molecule has 0 saturated carbocycles. The first-order valence-electron chi connectivity index (χ1n) is 22.0. The van der Waals surface area contributed by atoms with Crippen molar-refractivity contribution in [2.24, 2.45) is 21.8 Å². The summed E-state index contributed by atoms with van der Waals surface area (Å²) in [6.07, 6.45) is 16.5. The van der Waals surface area contributed by atoms with Crippen molar-refractivity contribution < 1.29 is 4.42 Å². The summed E-state index contributed by atoms with van der Waals surface area (Å²) >= 11 is 0. The number of hydrogen-bond acceptors (Lipinski definition) is 6. The lowest BCUT2D eigenvalue weighted by molar-refractivity contribution is 0.187. The van der Waals surface area contributed by atoms with Gasteiger partial charge in [-0.05, 0) is 81.8 Å². The summed E-state index contributed by atoms with van der Waals surface area (Å²) in [6.45, 7) is 0. The highest BCUT2D eigenvalue weighted by atomic mass is 16.3. The van der Waals surface area contributed by atoms with E-state index in [-0.39, 0.29) is 24.3 Å². The number of benzene rings is 6. The molecule has 0 spiro atoms. The third-order valence-corrected chi connectivity index (χ3v) is 13.3. The molecule has 304 valence electrons. The largest absolute Gasteiger partial charge is 0.458 e. The molecule has 6 aromatic carbocycles. The average Bonchev–Trinajstić information content (AvgIpc) is 3.91. The maximum atomic E-state index is 6.91. The number of furan rings is 1. The monoisotopic (exact) mass is 815 g/mol. The van der Waals surface area contributed by atoms with E-state index in [4.69, 9.17) is 14.4 Å². The van der Waals surface area contributed by atoms with Crippen LogP contribution < -0.4 is 5.32 Å². The Bertz CT molecular complexity index is 3040. The first-order valence-corrected chi connectivity index (χ1v) is 22.0. The number of fused-ring (bicyclic) bond motifs is 7. The standard InChI is InChI=1S/C57H45N5O/c1-61-55(39-22-10-4-11-23-39)59-54(60-56(61)40-24-12-5-13-25-40)49-35-44(43-33-41(37-18-6-2-7-19-37)32-42(34-43)38-20-8-3-9-21-38)36-58-57(49)62-50-28-16-14-26-45(50)47-30-31-48-46-27-15-17-29-51(46)63-53(48)52(47)62/h2-25,27-36,45,47,52,55,57-58H,26H2,1H3. The Hall–Kier alpha value is -7.70. The van der Waals surface area contributed by atoms with Crippen LogP contribution in [0.25, 0.3) is 44.9 Å². The average molecular weight is 816 g/mol. The van der Waals surface area contributed by atoms with Crippen molar-refractivity contribution in [3.8, 4) is 22.3 Å². The lowest BCUT2D eigenvalue weighted by atomic mass is 9.80. The number of para-hydroxylation sites is 1. The van der Waals surface area contributed by atoms with E-state index >= 15 is 0 Å². The number of aliphatic imine (C=N–C) groups is 2. The molecule has 1 fully saturated rings. The van der Waals surface area contributed by atoms with E-state index in [9.17, 15) is 0 Å². The summed E-state index contributed by atoms with van der Waals surface area (Å²) in [5.41, 5.74) is 13.3. The van der Waals surface area contributed by atoms with Crippen LogP contribution in [0.2, 0.25) is 0 Å². The van der Waals surface area contributed by atoms with Gasteiger partial charge in [0.2, 0.25) is 0 Å². The molecule has 1 saturated heterocycles. The number of rotatable bonds is 7. The summed E-state index contributed by atoms with van der Waals surface area (Å²) in [7, 11) is 2.10. The van der Waals surface area contributed by atoms with E-state index in [2.05, 4.69) is 229 Å². The van der Waals surface area contributed by atoms with Crippen molar-refractivity contribution in [1.82, 2.24) is 15.1 Å². The molecule has 0 amide bonds. The fraction of sp³-hybridized carbons (Fsp3) is 0.123. The van der Waals surface area contributed by atoms with Gasteiger partial charge in [-0.15, -0.1) is 0 Å². The van der Waals surface area contributed by atoms with Crippen LogP contribution >= 0.6 is 0 Å². The number of nitrogens with zero attached hydrogens (tertiary/aromatic N) is 4. The van der Waals surface area contributed by atoms with E-state index in [1.807, 2.05) is 0 Å². The fourth-order valence-corrected chi connectivity index (χ4v) is 10.3. The number of nitrogens with one attached hydrogen (secondary N) is 1. The molecule has 2 aliphatic carbocycles. The third kappa shape index (κ3) is 6.40. The Labute approximate surface area is 368 Å². The van der Waals surface area contributed by atoms with E-state index in [1.165, 1.54) is 16.8 Å². The zero-order valence-corrected chi connectivity index (χ0v) is 34.9. The summed E-state index contributed by atoms with van der Waals surface area (Å²) < 4.78 is 6.91. The van der Waals surface area contributed by atoms with E-state index in [1.54, 1.807) is 0 Å². The van der Waals surface area contributed by atoms with Crippen molar-refractivity contribution >= 4 is 34.3 Å². The van der Waals surface area contributed by atoms with Crippen molar-refractivity contribution in [2.45, 2.75) is 24.8 Å². The van der Waals surface area contributed by atoms with Gasteiger partial charge in [0.15, 0.2) is 5.84 Å². The van der Waals surface area contributed by atoms with Gasteiger partial charge in [-0.3, -0.25) is 0 Å². The van der Waals surface area contributed by atoms with E-state index in [0.717, 1.165) is 73.5 Å². The Balaban J connectivity index is 1.07. The summed E-state index contributed by atoms with van der Waals surface area (Å²) in [4.78, 5) is 16.0. The summed E-state index contributed by atoms with van der Waals surface area (Å²) in [5.74, 6) is 3.11. The second-order valence-corrected chi connectivity index (χ2v) is 17.0. The number of amidine groups is 2. The molecule has 3 aliphatic heterocycles. The highest BCUT2D eigenvalue weighted by Gasteiger charge is 2.52. The first kappa shape index (κ1) is 37.1. The van der Waals surface area contributed by atoms with Crippen LogP contribution in [0.5, 0.6) is 0 Å². The van der Waals surface area contributed by atoms with Crippen molar-refractivity contribution in [1.29, 1.82) is 0 Å². The van der Waals surface area contributed by atoms with Crippen molar-refractivity contribution in [3.05, 3.63) is 240 Å². The van der Waals surface area contributed by atoms with Gasteiger partial charge >= 0.3 is 0 Å². The molecule has 6 nitrogen and oxygen atoms in total. The predicted octanol–water partition coefficient (Wildman–Crippen LogP) is 12.6. The van der Waals surface area contributed by atoms with Crippen LogP contribution in [0, 0.1) is 11.8 Å². The normalized spacial score (nSPS) is 22.2. The highest BCUT2D eigenvalue weighted by molar-refractivity contribution is 6.14. The van der Waals surface area contributed by atoms with E-state index in [0.29, 0.717) is 11.8 Å². The van der Waals surface area contributed by atoms with Crippen LogP contribution in [0.15, 0.2) is 226 Å². The summed E-state index contributed by atoms with van der Waals surface area (Å²) in [5, 5.41) is 5.17. The van der Waals surface area contributed by atoms with Crippen LogP contribution in [0.3, 0.4) is 0 Å². The molecule has 0 radical (unpaired) electrons. The van der Waals surface area contributed by atoms with Crippen molar-refractivity contribution in [2.75, 3.05) is 7.05 Å². The minimum atomic E-state index is -0.318. The van der Waals surface area contributed by atoms with Crippen LogP contribution in [-0.2, 0) is 0 Å². The first-order chi connectivity index (χ1) is 31.2. The Kier molecular flexibility index (Phi) is 9.03. The number of hydrogen-bond donors (Lipinski definition) is 1. The van der Waals surface area contributed by atoms with Gasteiger partial charge in [0.1, 0.15) is 29.5 Å². The minimum absolute atomic E-state index is 0.0511. The quantitative estimate of drug-likeness (QED) is 0.174. The molecule has 5 atom stereocenters. The van der Waals surface area contributed by atoms with Crippen LogP contribution in [0.4, 0.5) is 0 Å². The lowest BCUT2D eigenvalue weighted by Gasteiger charge is -2.41. The van der Waals surface area contributed by atoms with Gasteiger partial charge in [-0.1, -0.05) is 164 Å². The predicted molar refractivity (Wildman–Crippen MR) is 256 cm³/mol. The molecule has 12 rings (SSSR count). The minimum Gasteiger partial charge on any atom is -0.458 e. The van der Waals surface area contributed by atoms with Gasteiger partial charge in [0.25, 0.3) is 0 Å². The number of dihydropyridines is 1. The molecule has 4 heterocycles.